The molecule has 3 aromatic carbocycles. The summed E-state index contributed by atoms with van der Waals surface area (Å²) in [7, 11) is -3.55. The van der Waals surface area contributed by atoms with E-state index in [1.165, 1.54) is 9.75 Å². The van der Waals surface area contributed by atoms with Crippen molar-refractivity contribution in [3.05, 3.63) is 106 Å². The summed E-state index contributed by atoms with van der Waals surface area (Å²) in [6.45, 7) is 1.61. The molecule has 0 aliphatic carbocycles. The van der Waals surface area contributed by atoms with Crippen molar-refractivity contribution < 1.29 is 8.42 Å². The molecule has 5 heteroatoms. The quantitative estimate of drug-likeness (QED) is 0.462. The minimum Gasteiger partial charge on any atom is -0.368 e. The predicted octanol–water partition coefficient (Wildman–Crippen LogP) is 4.28. The van der Waals surface area contributed by atoms with Crippen LogP contribution in [0.15, 0.2) is 100 Å². The van der Waals surface area contributed by atoms with Crippen molar-refractivity contribution in [2.75, 3.05) is 6.54 Å². The fraction of sp³-hybridized carbons (Fsp3) is 0.0769. The van der Waals surface area contributed by atoms with Gasteiger partial charge in [0.05, 0.1) is 9.79 Å². The smallest absolute Gasteiger partial charge is 0.206 e. The molecule has 0 bridgehead atoms. The maximum atomic E-state index is 13.1. The predicted molar refractivity (Wildman–Crippen MR) is 127 cm³/mol. The van der Waals surface area contributed by atoms with Gasteiger partial charge >= 0.3 is 0 Å². The van der Waals surface area contributed by atoms with Crippen molar-refractivity contribution in [3.63, 3.8) is 0 Å². The highest BCUT2D eigenvalue weighted by molar-refractivity contribution is 7.91. The number of hydrogen-bond acceptors (Lipinski definition) is 4. The second kappa shape index (κ2) is 8.17. The summed E-state index contributed by atoms with van der Waals surface area (Å²) in [5.74, 6) is 0. The van der Waals surface area contributed by atoms with E-state index in [2.05, 4.69) is 28.6 Å². The first kappa shape index (κ1) is 19.8. The monoisotopic (exact) mass is 443 g/mol. The van der Waals surface area contributed by atoms with Crippen molar-refractivity contribution in [3.8, 4) is 11.1 Å². The summed E-state index contributed by atoms with van der Waals surface area (Å²) in [6.07, 6.45) is 4.41. The topological polar surface area (TPSA) is 37.4 Å². The largest absolute Gasteiger partial charge is 0.368 e. The van der Waals surface area contributed by atoms with Crippen LogP contribution in [0, 0.1) is 0 Å². The molecule has 0 atom stereocenters. The van der Waals surface area contributed by atoms with Crippen molar-refractivity contribution in [1.29, 1.82) is 0 Å². The Morgan fingerprint density at radius 2 is 1.42 bits per heavy atom. The molecule has 3 nitrogen and oxygen atoms in total. The molecule has 1 aliphatic rings. The zero-order valence-corrected chi connectivity index (χ0v) is 18.4. The van der Waals surface area contributed by atoms with Gasteiger partial charge in [-0.1, -0.05) is 60.7 Å². The molecular weight excluding hydrogens is 422 g/mol. The molecule has 0 fully saturated rings. The van der Waals surface area contributed by atoms with E-state index < -0.39 is 9.84 Å². The Morgan fingerprint density at radius 3 is 2.13 bits per heavy atom. The summed E-state index contributed by atoms with van der Waals surface area (Å²) < 4.78 is 27.4. The van der Waals surface area contributed by atoms with Crippen LogP contribution >= 0.6 is 11.3 Å². The van der Waals surface area contributed by atoms with E-state index in [-0.39, 0.29) is 0 Å². The Hall–Kier alpha value is -3.15. The van der Waals surface area contributed by atoms with Gasteiger partial charge in [-0.3, -0.25) is 0 Å². The lowest BCUT2D eigenvalue weighted by Crippen LogP contribution is -2.31. The van der Waals surface area contributed by atoms with Crippen LogP contribution < -0.4 is 9.75 Å². The zero-order valence-electron chi connectivity index (χ0n) is 16.8. The van der Waals surface area contributed by atoms with Crippen LogP contribution in [0.1, 0.15) is 5.56 Å². The number of rotatable bonds is 5. The highest BCUT2D eigenvalue weighted by Gasteiger charge is 2.18. The summed E-state index contributed by atoms with van der Waals surface area (Å²) in [5.41, 5.74) is 3.15. The molecule has 154 valence electrons. The number of hydrogen-bond donors (Lipinski definition) is 0. The van der Waals surface area contributed by atoms with E-state index in [9.17, 15) is 8.42 Å². The summed E-state index contributed by atoms with van der Waals surface area (Å²) >= 11 is 1.73. The molecule has 4 aromatic rings. The zero-order chi connectivity index (χ0) is 21.3. The standard InChI is InChI=1S/C26H21NO2S2/c28-31(29,25-12-8-22(9-13-25)21-4-2-1-3-5-21)24-10-6-20(7-11-24)18-27-16-14-23-15-17-30-26(23)19-27/h1-15,17,19H,16,18H2. The molecule has 31 heavy (non-hydrogen) atoms. The van der Waals surface area contributed by atoms with Crippen molar-refractivity contribution in [2.24, 2.45) is 0 Å². The highest BCUT2D eigenvalue weighted by atomic mass is 32.2. The van der Waals surface area contributed by atoms with Gasteiger partial charge in [-0.25, -0.2) is 8.42 Å². The number of sulfone groups is 1. The minimum atomic E-state index is -3.55. The number of nitrogens with zero attached hydrogens (tertiary/aromatic N) is 1. The Bertz CT molecular complexity index is 1420. The first-order valence-corrected chi connectivity index (χ1v) is 12.4. The van der Waals surface area contributed by atoms with Crippen LogP contribution in [0.2, 0.25) is 0 Å². The van der Waals surface area contributed by atoms with E-state index in [4.69, 9.17) is 0 Å². The molecule has 2 heterocycles. The molecule has 1 aliphatic heterocycles. The summed E-state index contributed by atoms with van der Waals surface area (Å²) in [6, 6.07) is 26.4. The van der Waals surface area contributed by atoms with Gasteiger partial charge in [-0.2, -0.15) is 0 Å². The lowest BCUT2D eigenvalue weighted by Gasteiger charge is -2.20. The molecule has 0 spiro atoms. The minimum absolute atomic E-state index is 0.309. The van der Waals surface area contributed by atoms with Crippen LogP contribution in [0.4, 0.5) is 0 Å². The van der Waals surface area contributed by atoms with Crippen LogP contribution in [0.5, 0.6) is 0 Å². The second-order valence-electron chi connectivity index (χ2n) is 7.54. The SMILES string of the molecule is O=S(=O)(c1ccc(CN2C=c3sccc3=CC2)cc1)c1ccc(-c2ccccc2)cc1. The maximum absolute atomic E-state index is 13.1. The molecule has 0 radical (unpaired) electrons. The number of benzene rings is 3. The molecule has 0 amide bonds. The molecule has 0 saturated carbocycles. The molecule has 1 aromatic heterocycles. The van der Waals surface area contributed by atoms with Crippen LogP contribution in [0.3, 0.4) is 0 Å². The Balaban J connectivity index is 1.34. The van der Waals surface area contributed by atoms with E-state index >= 15 is 0 Å². The van der Waals surface area contributed by atoms with Crippen molar-refractivity contribution in [1.82, 2.24) is 4.90 Å². The molecular formula is C26H21NO2S2. The van der Waals surface area contributed by atoms with E-state index in [0.717, 1.165) is 29.8 Å². The molecule has 0 saturated heterocycles. The van der Waals surface area contributed by atoms with Gasteiger partial charge in [0, 0.05) is 23.8 Å². The van der Waals surface area contributed by atoms with Crippen molar-refractivity contribution in [2.45, 2.75) is 16.3 Å². The van der Waals surface area contributed by atoms with Gasteiger partial charge in [0.1, 0.15) is 0 Å². The third-order valence-electron chi connectivity index (χ3n) is 5.46. The number of fused-ring (bicyclic) bond motifs is 1. The first-order chi connectivity index (χ1) is 15.1. The van der Waals surface area contributed by atoms with Gasteiger partial charge in [0.25, 0.3) is 0 Å². The first-order valence-electron chi connectivity index (χ1n) is 10.1. The van der Waals surface area contributed by atoms with E-state index in [0.29, 0.717) is 9.79 Å². The fourth-order valence-corrected chi connectivity index (χ4v) is 5.87. The molecule has 0 unspecified atom stereocenters. The van der Waals surface area contributed by atoms with Gasteiger partial charge < -0.3 is 4.90 Å². The average molecular weight is 444 g/mol. The normalized spacial score (nSPS) is 13.2. The van der Waals surface area contributed by atoms with Crippen LogP contribution in [0.25, 0.3) is 23.4 Å². The van der Waals surface area contributed by atoms with E-state index in [1.807, 2.05) is 54.6 Å². The molecule has 5 rings (SSSR count). The third kappa shape index (κ3) is 4.07. The molecule has 0 N–H and O–H groups in total. The van der Waals surface area contributed by atoms with Gasteiger partial charge in [-0.05, 0) is 57.6 Å². The maximum Gasteiger partial charge on any atom is 0.206 e. The second-order valence-corrected chi connectivity index (χ2v) is 10.4. The van der Waals surface area contributed by atoms with Gasteiger partial charge in [-0.15, -0.1) is 11.3 Å². The Morgan fingerprint density at radius 1 is 0.774 bits per heavy atom. The van der Waals surface area contributed by atoms with Crippen LogP contribution in [-0.2, 0) is 16.4 Å². The Labute approximate surface area is 186 Å². The van der Waals surface area contributed by atoms with Crippen LogP contribution in [-0.4, -0.2) is 19.9 Å². The summed E-state index contributed by atoms with van der Waals surface area (Å²) in [5, 5.41) is 3.40. The van der Waals surface area contributed by atoms with E-state index in [1.54, 1.807) is 35.6 Å². The Kier molecular flexibility index (Phi) is 5.22. The average Bonchev–Trinajstić information content (AvgIpc) is 3.28. The summed E-state index contributed by atoms with van der Waals surface area (Å²) in [4.78, 5) is 2.87. The lowest BCUT2D eigenvalue weighted by molar-refractivity contribution is 0.455. The third-order valence-corrected chi connectivity index (χ3v) is 8.12. The van der Waals surface area contributed by atoms with Gasteiger partial charge in [0.2, 0.25) is 9.84 Å². The highest BCUT2D eigenvalue weighted by Crippen LogP contribution is 2.25. The lowest BCUT2D eigenvalue weighted by atomic mass is 10.1. The van der Waals surface area contributed by atoms with Gasteiger partial charge in [0.15, 0.2) is 0 Å². The van der Waals surface area contributed by atoms with Crippen molar-refractivity contribution >= 4 is 33.5 Å². The fourth-order valence-electron chi connectivity index (χ4n) is 3.75. The number of thiophene rings is 1.